The molecule has 1 aromatic heterocycles. The molecule has 0 atom stereocenters. The largest absolute Gasteiger partial charge is 0.375 e. The minimum absolute atomic E-state index is 0.0608. The molecule has 1 amide bonds. The van der Waals surface area contributed by atoms with E-state index in [0.29, 0.717) is 11.6 Å². The number of rotatable bonds is 5. The lowest BCUT2D eigenvalue weighted by molar-refractivity contribution is -0.120. The van der Waals surface area contributed by atoms with Crippen LogP contribution in [0, 0.1) is 0 Å². The van der Waals surface area contributed by atoms with Crippen LogP contribution in [0.5, 0.6) is 0 Å². The molecule has 0 aliphatic carbocycles. The number of carbonyl (C=O) groups excluding carboxylic acids is 1. The second-order valence-electron chi connectivity index (χ2n) is 3.33. The fourth-order valence-corrected chi connectivity index (χ4v) is 1.92. The van der Waals surface area contributed by atoms with Crippen LogP contribution >= 0.6 is 11.3 Å². The van der Waals surface area contributed by atoms with E-state index >= 15 is 0 Å². The third kappa shape index (κ3) is 4.26. The molecule has 0 aliphatic heterocycles. The zero-order valence-corrected chi connectivity index (χ0v) is 9.80. The van der Waals surface area contributed by atoms with Gasteiger partial charge in [-0.25, -0.2) is 4.98 Å². The Morgan fingerprint density at radius 1 is 1.73 bits per heavy atom. The van der Waals surface area contributed by atoms with Gasteiger partial charge in [0.2, 0.25) is 5.91 Å². The molecule has 0 saturated carbocycles. The molecule has 1 aromatic rings. The van der Waals surface area contributed by atoms with Gasteiger partial charge in [0.05, 0.1) is 0 Å². The summed E-state index contributed by atoms with van der Waals surface area (Å²) in [5.74, 6) is 0.0608. The first-order chi connectivity index (χ1) is 7.11. The molecule has 6 heteroatoms. The number of carbonyl (C=O) groups is 1. The molecule has 84 valence electrons. The van der Waals surface area contributed by atoms with E-state index in [2.05, 4.69) is 15.2 Å². The van der Waals surface area contributed by atoms with Crippen LogP contribution < -0.4 is 11.1 Å². The third-order valence-electron chi connectivity index (χ3n) is 2.00. The fraction of sp³-hybridized carbons (Fsp3) is 0.556. The van der Waals surface area contributed by atoms with Crippen molar-refractivity contribution in [2.24, 2.45) is 0 Å². The number of anilines is 1. The molecule has 0 unspecified atom stereocenters. The summed E-state index contributed by atoms with van der Waals surface area (Å²) in [5, 5.41) is 3.18. The predicted octanol–water partition coefficient (Wildman–Crippen LogP) is 0.293. The Balaban J connectivity index is 2.30. The van der Waals surface area contributed by atoms with Crippen LogP contribution in [0.15, 0.2) is 6.20 Å². The van der Waals surface area contributed by atoms with E-state index in [0.717, 1.165) is 18.0 Å². The lowest BCUT2D eigenvalue weighted by Gasteiger charge is -2.14. The van der Waals surface area contributed by atoms with Crippen molar-refractivity contribution in [2.45, 2.75) is 13.0 Å². The van der Waals surface area contributed by atoms with E-state index in [1.165, 1.54) is 11.3 Å². The van der Waals surface area contributed by atoms with Crippen LogP contribution in [-0.4, -0.2) is 36.4 Å². The highest BCUT2D eigenvalue weighted by molar-refractivity contribution is 7.15. The van der Waals surface area contributed by atoms with E-state index in [9.17, 15) is 4.79 Å². The van der Waals surface area contributed by atoms with Crippen molar-refractivity contribution >= 4 is 22.4 Å². The maximum Gasteiger partial charge on any atom is 0.221 e. The summed E-state index contributed by atoms with van der Waals surface area (Å²) in [6.45, 7) is 1.52. The minimum atomic E-state index is 0.0608. The molecule has 1 rings (SSSR count). The van der Waals surface area contributed by atoms with Crippen molar-refractivity contribution in [3.05, 3.63) is 11.1 Å². The normalized spacial score (nSPS) is 10.6. The van der Waals surface area contributed by atoms with Crippen LogP contribution in [0.2, 0.25) is 0 Å². The van der Waals surface area contributed by atoms with Crippen LogP contribution in [0.3, 0.4) is 0 Å². The summed E-state index contributed by atoms with van der Waals surface area (Å²) in [6.07, 6.45) is 2.29. The Bertz CT molecular complexity index is 326. The third-order valence-corrected chi connectivity index (χ3v) is 2.81. The Morgan fingerprint density at radius 3 is 3.00 bits per heavy atom. The summed E-state index contributed by atoms with van der Waals surface area (Å²) >= 11 is 1.48. The molecule has 0 fully saturated rings. The fourth-order valence-electron chi connectivity index (χ4n) is 1.16. The Morgan fingerprint density at radius 2 is 2.47 bits per heavy atom. The zero-order chi connectivity index (χ0) is 11.3. The number of amides is 1. The maximum atomic E-state index is 11.0. The first-order valence-corrected chi connectivity index (χ1v) is 5.52. The highest BCUT2D eigenvalue weighted by Gasteiger charge is 2.05. The molecular formula is C9H16N4OS. The van der Waals surface area contributed by atoms with E-state index in [4.69, 9.17) is 5.73 Å². The number of nitrogens with two attached hydrogens (primary N) is 1. The van der Waals surface area contributed by atoms with Gasteiger partial charge < -0.3 is 16.0 Å². The number of nitrogens with one attached hydrogen (secondary N) is 1. The van der Waals surface area contributed by atoms with Crippen molar-refractivity contribution in [1.29, 1.82) is 0 Å². The minimum Gasteiger partial charge on any atom is -0.375 e. The molecule has 15 heavy (non-hydrogen) atoms. The SMILES string of the molecule is CNC(=O)CCN(C)Cc1cnc(N)s1. The number of aromatic nitrogens is 1. The molecule has 0 spiro atoms. The average Bonchev–Trinajstić information content (AvgIpc) is 2.60. The van der Waals surface area contributed by atoms with E-state index in [-0.39, 0.29) is 5.91 Å². The summed E-state index contributed by atoms with van der Waals surface area (Å²) in [6, 6.07) is 0. The van der Waals surface area contributed by atoms with Gasteiger partial charge in [-0.1, -0.05) is 0 Å². The molecule has 0 saturated heterocycles. The highest BCUT2D eigenvalue weighted by Crippen LogP contribution is 2.15. The Labute approximate surface area is 93.3 Å². The van der Waals surface area contributed by atoms with Gasteiger partial charge in [0.15, 0.2) is 5.13 Å². The van der Waals surface area contributed by atoms with Gasteiger partial charge in [-0.05, 0) is 7.05 Å². The molecule has 0 aliphatic rings. The second kappa shape index (κ2) is 5.67. The Hall–Kier alpha value is -1.14. The smallest absolute Gasteiger partial charge is 0.221 e. The maximum absolute atomic E-state index is 11.0. The molecule has 5 nitrogen and oxygen atoms in total. The summed E-state index contributed by atoms with van der Waals surface area (Å²) in [4.78, 5) is 18.2. The number of thiazole rings is 1. The molecule has 0 aromatic carbocycles. The molecule has 1 heterocycles. The van der Waals surface area contributed by atoms with Crippen molar-refractivity contribution in [3.63, 3.8) is 0 Å². The van der Waals surface area contributed by atoms with Gasteiger partial charge in [-0.3, -0.25) is 4.79 Å². The van der Waals surface area contributed by atoms with Crippen molar-refractivity contribution in [1.82, 2.24) is 15.2 Å². The zero-order valence-electron chi connectivity index (χ0n) is 8.99. The lowest BCUT2D eigenvalue weighted by atomic mass is 10.3. The molecule has 0 radical (unpaired) electrons. The standard InChI is InChI=1S/C9H16N4OS/c1-11-8(14)3-4-13(2)6-7-5-12-9(10)15-7/h5H,3-4,6H2,1-2H3,(H2,10,12)(H,11,14). The average molecular weight is 228 g/mol. The first-order valence-electron chi connectivity index (χ1n) is 4.71. The van der Waals surface area contributed by atoms with Crippen molar-refractivity contribution < 1.29 is 4.79 Å². The predicted molar refractivity (Wildman–Crippen MR) is 61.5 cm³/mol. The van der Waals surface area contributed by atoms with Gasteiger partial charge in [0.25, 0.3) is 0 Å². The van der Waals surface area contributed by atoms with E-state index in [1.54, 1.807) is 13.2 Å². The van der Waals surface area contributed by atoms with E-state index < -0.39 is 0 Å². The second-order valence-corrected chi connectivity index (χ2v) is 4.47. The van der Waals surface area contributed by atoms with Gasteiger partial charge in [-0.2, -0.15) is 0 Å². The summed E-state index contributed by atoms with van der Waals surface area (Å²) < 4.78 is 0. The number of nitrogens with zero attached hydrogens (tertiary/aromatic N) is 2. The lowest BCUT2D eigenvalue weighted by Crippen LogP contribution is -2.26. The first kappa shape index (κ1) is 11.9. The van der Waals surface area contributed by atoms with Crippen LogP contribution in [0.1, 0.15) is 11.3 Å². The van der Waals surface area contributed by atoms with E-state index in [1.807, 2.05) is 7.05 Å². The summed E-state index contributed by atoms with van der Waals surface area (Å²) in [5.41, 5.74) is 5.52. The molecule has 3 N–H and O–H groups in total. The molecule has 0 bridgehead atoms. The monoisotopic (exact) mass is 228 g/mol. The van der Waals surface area contributed by atoms with Crippen LogP contribution in [-0.2, 0) is 11.3 Å². The van der Waals surface area contributed by atoms with Crippen LogP contribution in [0.4, 0.5) is 5.13 Å². The van der Waals surface area contributed by atoms with Gasteiger partial charge in [0.1, 0.15) is 0 Å². The number of hydrogen-bond acceptors (Lipinski definition) is 5. The number of hydrogen-bond donors (Lipinski definition) is 2. The van der Waals surface area contributed by atoms with Gasteiger partial charge >= 0.3 is 0 Å². The van der Waals surface area contributed by atoms with Crippen molar-refractivity contribution in [3.8, 4) is 0 Å². The topological polar surface area (TPSA) is 71.2 Å². The Kier molecular flexibility index (Phi) is 4.51. The highest BCUT2D eigenvalue weighted by atomic mass is 32.1. The molecular weight excluding hydrogens is 212 g/mol. The van der Waals surface area contributed by atoms with Gasteiger partial charge in [-0.15, -0.1) is 11.3 Å². The number of nitrogen functional groups attached to an aromatic ring is 1. The van der Waals surface area contributed by atoms with Gasteiger partial charge in [0, 0.05) is 37.6 Å². The quantitative estimate of drug-likeness (QED) is 0.760. The van der Waals surface area contributed by atoms with Crippen LogP contribution in [0.25, 0.3) is 0 Å². The summed E-state index contributed by atoms with van der Waals surface area (Å²) in [7, 11) is 3.62. The van der Waals surface area contributed by atoms with Crippen molar-refractivity contribution in [2.75, 3.05) is 26.4 Å².